The average Bonchev–Trinajstić information content (AvgIpc) is 3.27. The number of hydrogen-bond acceptors (Lipinski definition) is 12. The van der Waals surface area contributed by atoms with Gasteiger partial charge in [0.1, 0.15) is 0 Å². The molecule has 384 valence electrons. The summed E-state index contributed by atoms with van der Waals surface area (Å²) in [7, 11) is 0. The zero-order valence-corrected chi connectivity index (χ0v) is 52.2. The van der Waals surface area contributed by atoms with Crippen molar-refractivity contribution < 1.29 is 27.1 Å². The zero-order chi connectivity index (χ0) is 48.4. The Labute approximate surface area is 442 Å². The molecule has 0 aliphatic heterocycles. The third kappa shape index (κ3) is 47.6. The third-order valence-electron chi connectivity index (χ3n) is 12.1. The maximum atomic E-state index is 5.80. The smallest absolute Gasteiger partial charge is 0.691 e. The van der Waals surface area contributed by atoms with Gasteiger partial charge in [0.15, 0.2) is 0 Å². The monoisotopic (exact) mass is 1090 g/mol. The van der Waals surface area contributed by atoms with Crippen molar-refractivity contribution in [1.82, 2.24) is 0 Å². The minimum absolute atomic E-state index is 0. The zero-order valence-electron chi connectivity index (χ0n) is 43.5. The van der Waals surface area contributed by atoms with Crippen LogP contribution in [-0.4, -0.2) is 57.0 Å². The first-order valence-electron chi connectivity index (χ1n) is 25.8. The number of unbranched alkanes of at least 4 members (excludes halogenated alkanes) is 6. The molecule has 0 saturated heterocycles. The van der Waals surface area contributed by atoms with Crippen LogP contribution in [0.1, 0.15) is 237 Å². The summed E-state index contributed by atoms with van der Waals surface area (Å²) in [6.07, 6.45) is 28.8. The van der Waals surface area contributed by atoms with Gasteiger partial charge < -0.3 is 63.9 Å². The summed E-state index contributed by atoms with van der Waals surface area (Å²) in [6.45, 7) is 30.5. The van der Waals surface area contributed by atoms with Crippen LogP contribution in [0.3, 0.4) is 0 Å². The molecule has 0 aliphatic rings. The van der Waals surface area contributed by atoms with Gasteiger partial charge in [-0.1, -0.05) is 234 Å². The van der Waals surface area contributed by atoms with E-state index >= 15 is 0 Å². The van der Waals surface area contributed by atoms with Gasteiger partial charge in [-0.05, 0) is 74.0 Å². The van der Waals surface area contributed by atoms with Crippen LogP contribution in [0.2, 0.25) is 0 Å². The van der Waals surface area contributed by atoms with Crippen molar-refractivity contribution in [1.29, 1.82) is 0 Å². The van der Waals surface area contributed by atoms with E-state index in [-0.39, 0.29) is 17.4 Å². The average molecular weight is 1090 g/mol. The predicted molar refractivity (Wildman–Crippen MR) is 306 cm³/mol. The molecule has 6 unspecified atom stereocenters. The third-order valence-corrected chi connectivity index (χ3v) is 18.7. The fourth-order valence-electron chi connectivity index (χ4n) is 6.68. The van der Waals surface area contributed by atoms with E-state index in [0.29, 0.717) is 75.1 Å². The largest absolute Gasteiger partial charge is 3.00 e. The van der Waals surface area contributed by atoms with Crippen molar-refractivity contribution in [3.8, 4) is 0 Å². The summed E-state index contributed by atoms with van der Waals surface area (Å²) in [4.78, 5) is 0. The number of rotatable bonds is 42. The van der Waals surface area contributed by atoms with E-state index in [1.165, 1.54) is 116 Å². The van der Waals surface area contributed by atoms with Crippen LogP contribution in [0.15, 0.2) is 0 Å². The molecule has 64 heavy (non-hydrogen) atoms. The van der Waals surface area contributed by atoms with Crippen LogP contribution >= 0.6 is 17.1 Å². The van der Waals surface area contributed by atoms with Crippen molar-refractivity contribution >= 4 is 107 Å². The molecule has 0 heterocycles. The summed E-state index contributed by atoms with van der Waals surface area (Å²) < 4.78 is 34.8. The maximum absolute atomic E-state index is 5.80. The molecule has 0 aromatic rings. The molecular formula is C48H102AlO6P3S6. The second-order valence-corrected chi connectivity index (χ2v) is 32.6. The van der Waals surface area contributed by atoms with E-state index in [1.807, 2.05) is 0 Å². The van der Waals surface area contributed by atoms with Crippen molar-refractivity contribution in [3.63, 3.8) is 0 Å². The molecule has 0 aromatic carbocycles. The molecule has 0 radical (unpaired) electrons. The number of hydrogen-bond donors (Lipinski definition) is 0. The molecule has 0 fully saturated rings. The van der Waals surface area contributed by atoms with Crippen LogP contribution < -0.4 is 0 Å². The second-order valence-electron chi connectivity index (χ2n) is 17.6. The van der Waals surface area contributed by atoms with E-state index in [0.717, 1.165) is 38.5 Å². The van der Waals surface area contributed by atoms with Gasteiger partial charge in [0, 0.05) is 0 Å². The first kappa shape index (κ1) is 73.8. The molecule has 0 saturated carbocycles. The molecule has 6 nitrogen and oxygen atoms in total. The van der Waals surface area contributed by atoms with Crippen LogP contribution in [-0.2, 0) is 99.3 Å². The minimum atomic E-state index is -2.47. The van der Waals surface area contributed by atoms with Gasteiger partial charge in [0.25, 0.3) is 0 Å². The summed E-state index contributed by atoms with van der Waals surface area (Å²) in [5.41, 5.74) is -7.42. The Hall–Kier alpha value is 3.29. The summed E-state index contributed by atoms with van der Waals surface area (Å²) in [5.74, 6) is 3.42. The van der Waals surface area contributed by atoms with Crippen LogP contribution in [0.4, 0.5) is 0 Å². The van der Waals surface area contributed by atoms with E-state index < -0.39 is 17.1 Å². The molecule has 0 bridgehead atoms. The standard InChI is InChI=1S/3C16H35O2PS2.Al/c3*1-5-9-11-15(7-3)13-17-19(20,21)18-14-16(8-4)12-10-6-2;/h3*15-16H,5-14H2,1-4H3,(H,20,21);/q;;;+3/p-3. The molecule has 0 N–H and O–H groups in total. The minimum Gasteiger partial charge on any atom is -0.691 e. The van der Waals surface area contributed by atoms with Crippen molar-refractivity contribution in [2.75, 3.05) is 39.6 Å². The summed E-state index contributed by atoms with van der Waals surface area (Å²) >= 11 is 32.3. The fraction of sp³-hybridized carbons (Fsp3) is 1.00. The first-order valence-corrected chi connectivity index (χ1v) is 36.7. The SMILES string of the molecule is CCCCC(CC)COP(=S)([S-])OCC(CC)CCCC.CCCCC(CC)COP(=S)([S-])OCC(CC)CCCC.CCCCC(CC)COP(=S)([S-])OCC(CC)CCCC.[Al+3]. The Morgan fingerprint density at radius 2 is 0.422 bits per heavy atom. The summed E-state index contributed by atoms with van der Waals surface area (Å²) in [6, 6.07) is 0. The molecule has 16 heteroatoms. The van der Waals surface area contributed by atoms with Gasteiger partial charge in [-0.15, -0.1) is 0 Å². The van der Waals surface area contributed by atoms with Crippen molar-refractivity contribution in [2.45, 2.75) is 237 Å². The topological polar surface area (TPSA) is 55.4 Å². The van der Waals surface area contributed by atoms with Crippen LogP contribution in [0.5, 0.6) is 0 Å². The van der Waals surface area contributed by atoms with Crippen LogP contribution in [0.25, 0.3) is 0 Å². The van der Waals surface area contributed by atoms with E-state index in [1.54, 1.807) is 0 Å². The summed E-state index contributed by atoms with van der Waals surface area (Å²) in [5, 5.41) is 0. The molecule has 0 aliphatic carbocycles. The Morgan fingerprint density at radius 1 is 0.297 bits per heavy atom. The van der Waals surface area contributed by atoms with Gasteiger partial charge in [-0.25, -0.2) is 0 Å². The van der Waals surface area contributed by atoms with Gasteiger partial charge in [0.05, 0.1) is 56.7 Å². The van der Waals surface area contributed by atoms with Crippen LogP contribution in [0, 0.1) is 35.5 Å². The Bertz CT molecular complexity index is 931. The first-order chi connectivity index (χ1) is 30.0. The van der Waals surface area contributed by atoms with Gasteiger partial charge in [0.2, 0.25) is 0 Å². The Morgan fingerprint density at radius 3 is 0.516 bits per heavy atom. The van der Waals surface area contributed by atoms with E-state index in [2.05, 4.69) is 83.1 Å². The molecular weight excluding hydrogens is 985 g/mol. The van der Waals surface area contributed by atoms with E-state index in [4.69, 9.17) is 99.3 Å². The molecule has 6 atom stereocenters. The van der Waals surface area contributed by atoms with Gasteiger partial charge in [-0.2, -0.15) is 0 Å². The molecule has 0 rings (SSSR count). The van der Waals surface area contributed by atoms with Crippen molar-refractivity contribution in [2.24, 2.45) is 35.5 Å². The van der Waals surface area contributed by atoms with Gasteiger partial charge >= 0.3 is 17.4 Å². The van der Waals surface area contributed by atoms with Crippen molar-refractivity contribution in [3.05, 3.63) is 0 Å². The second kappa shape index (κ2) is 49.9. The quantitative estimate of drug-likeness (QED) is 0.0332. The predicted octanol–water partition coefficient (Wildman–Crippen LogP) is 18.3. The Kier molecular flexibility index (Phi) is 57.5. The van der Waals surface area contributed by atoms with E-state index in [9.17, 15) is 0 Å². The molecule has 0 amide bonds. The normalized spacial score (nSPS) is 17.1. The maximum Gasteiger partial charge on any atom is 3.00 e. The fourth-order valence-corrected chi connectivity index (χ4v) is 11.5. The Balaban J connectivity index is -0.000000419. The van der Waals surface area contributed by atoms with Gasteiger partial charge in [-0.3, -0.25) is 0 Å². The molecule has 0 aromatic heterocycles. The molecule has 0 spiro atoms.